The molecule has 0 rings (SSSR count). The molecule has 82 valence electrons. The van der Waals surface area contributed by atoms with E-state index >= 15 is 0 Å². The summed E-state index contributed by atoms with van der Waals surface area (Å²) in [5.74, 6) is 2.76. The van der Waals surface area contributed by atoms with Crippen LogP contribution in [0.1, 0.15) is 52.9 Å². The minimum atomic E-state index is 0.279. The van der Waals surface area contributed by atoms with Gasteiger partial charge in [0.2, 0.25) is 0 Å². The molecule has 1 atom stereocenters. The van der Waals surface area contributed by atoms with E-state index in [1.54, 1.807) is 0 Å². The maximum atomic E-state index is 5.55. The van der Waals surface area contributed by atoms with E-state index in [0.717, 1.165) is 38.9 Å². The molecule has 0 heterocycles. The van der Waals surface area contributed by atoms with E-state index in [2.05, 4.69) is 26.7 Å². The Morgan fingerprint density at radius 2 is 2.00 bits per heavy atom. The molecule has 1 heteroatoms. The van der Waals surface area contributed by atoms with Crippen LogP contribution in [0.5, 0.6) is 0 Å². The van der Waals surface area contributed by atoms with Crippen molar-refractivity contribution in [1.29, 1.82) is 0 Å². The molecule has 0 aliphatic carbocycles. The normalized spacial score (nSPS) is 14.7. The van der Waals surface area contributed by atoms with Crippen LogP contribution in [-0.4, -0.2) is 13.2 Å². The van der Waals surface area contributed by atoms with E-state index < -0.39 is 0 Å². The summed E-state index contributed by atoms with van der Waals surface area (Å²) in [6.07, 6.45) is 10.8. The second-order valence-corrected chi connectivity index (χ2v) is 4.26. The minimum absolute atomic E-state index is 0.279. The summed E-state index contributed by atoms with van der Waals surface area (Å²) in [7, 11) is 0. The highest BCUT2D eigenvalue weighted by atomic mass is 16.5. The third-order valence-corrected chi connectivity index (χ3v) is 2.87. The monoisotopic (exact) mass is 196 g/mol. The van der Waals surface area contributed by atoms with Crippen LogP contribution in [0.15, 0.2) is 0 Å². The van der Waals surface area contributed by atoms with E-state index in [1.807, 2.05) is 0 Å². The van der Waals surface area contributed by atoms with Crippen LogP contribution >= 0.6 is 0 Å². The van der Waals surface area contributed by atoms with Crippen molar-refractivity contribution in [2.75, 3.05) is 13.2 Å². The maximum Gasteiger partial charge on any atom is 0.0471 e. The largest absolute Gasteiger partial charge is 0.381 e. The van der Waals surface area contributed by atoms with Crippen molar-refractivity contribution in [3.05, 3.63) is 0 Å². The molecule has 0 saturated heterocycles. The maximum absolute atomic E-state index is 5.55. The Hall–Kier alpha value is -0.480. The Morgan fingerprint density at radius 3 is 2.50 bits per heavy atom. The topological polar surface area (TPSA) is 9.23 Å². The number of terminal acetylenes is 1. The molecular formula is C13H24O. The summed E-state index contributed by atoms with van der Waals surface area (Å²) >= 11 is 0. The third kappa shape index (κ3) is 6.05. The summed E-state index contributed by atoms with van der Waals surface area (Å²) in [4.78, 5) is 0. The molecule has 0 bridgehead atoms. The van der Waals surface area contributed by atoms with Gasteiger partial charge in [-0.15, -0.1) is 12.3 Å². The van der Waals surface area contributed by atoms with Gasteiger partial charge in [0.25, 0.3) is 0 Å². The van der Waals surface area contributed by atoms with Crippen LogP contribution in [0, 0.1) is 17.8 Å². The molecule has 0 unspecified atom stereocenters. The van der Waals surface area contributed by atoms with Crippen molar-refractivity contribution >= 4 is 0 Å². The summed E-state index contributed by atoms with van der Waals surface area (Å²) < 4.78 is 5.55. The number of hydrogen-bond acceptors (Lipinski definition) is 1. The quantitative estimate of drug-likeness (QED) is 0.425. The lowest BCUT2D eigenvalue weighted by Crippen LogP contribution is -2.17. The first-order chi connectivity index (χ1) is 6.68. The Kier molecular flexibility index (Phi) is 7.61. The molecule has 0 aliphatic heterocycles. The van der Waals surface area contributed by atoms with Gasteiger partial charge in [0, 0.05) is 19.6 Å². The van der Waals surface area contributed by atoms with Gasteiger partial charge in [0.05, 0.1) is 0 Å². The zero-order chi connectivity index (χ0) is 10.9. The average Bonchev–Trinajstić information content (AvgIpc) is 2.18. The fourth-order valence-corrected chi connectivity index (χ4v) is 1.30. The van der Waals surface area contributed by atoms with Gasteiger partial charge in [-0.1, -0.05) is 27.2 Å². The minimum Gasteiger partial charge on any atom is -0.381 e. The van der Waals surface area contributed by atoms with Crippen LogP contribution in [0.25, 0.3) is 0 Å². The molecule has 0 aromatic rings. The van der Waals surface area contributed by atoms with Gasteiger partial charge in [0.1, 0.15) is 0 Å². The number of ether oxygens (including phenoxy) is 1. The van der Waals surface area contributed by atoms with E-state index in [1.165, 1.54) is 6.42 Å². The van der Waals surface area contributed by atoms with E-state index in [4.69, 9.17) is 11.2 Å². The van der Waals surface area contributed by atoms with E-state index in [9.17, 15) is 0 Å². The average molecular weight is 196 g/mol. The molecule has 0 spiro atoms. The Morgan fingerprint density at radius 1 is 1.29 bits per heavy atom. The molecule has 1 nitrogen and oxygen atoms in total. The van der Waals surface area contributed by atoms with Gasteiger partial charge in [-0.25, -0.2) is 0 Å². The lowest BCUT2D eigenvalue weighted by molar-refractivity contribution is 0.0964. The highest BCUT2D eigenvalue weighted by Gasteiger charge is 2.20. The lowest BCUT2D eigenvalue weighted by atomic mass is 9.81. The van der Waals surface area contributed by atoms with Gasteiger partial charge in [0.15, 0.2) is 0 Å². The molecule has 0 amide bonds. The van der Waals surface area contributed by atoms with Crippen molar-refractivity contribution in [3.8, 4) is 12.3 Å². The lowest BCUT2D eigenvalue weighted by Gasteiger charge is -2.25. The Labute approximate surface area is 89.2 Å². The van der Waals surface area contributed by atoms with Crippen LogP contribution in [0.2, 0.25) is 0 Å². The van der Waals surface area contributed by atoms with Crippen LogP contribution in [0.3, 0.4) is 0 Å². The fraction of sp³-hybridized carbons (Fsp3) is 0.846. The SMILES string of the molecule is C#CC[C@@](C)(CC)CCOCCCC. The van der Waals surface area contributed by atoms with Crippen molar-refractivity contribution in [2.45, 2.75) is 52.9 Å². The molecule has 0 N–H and O–H groups in total. The van der Waals surface area contributed by atoms with Crippen molar-refractivity contribution < 1.29 is 4.74 Å². The zero-order valence-corrected chi connectivity index (χ0v) is 9.94. The van der Waals surface area contributed by atoms with Gasteiger partial charge in [-0.2, -0.15) is 0 Å². The van der Waals surface area contributed by atoms with Crippen molar-refractivity contribution in [1.82, 2.24) is 0 Å². The first-order valence-corrected chi connectivity index (χ1v) is 5.69. The summed E-state index contributed by atoms with van der Waals surface area (Å²) in [6.45, 7) is 8.37. The van der Waals surface area contributed by atoms with Gasteiger partial charge >= 0.3 is 0 Å². The van der Waals surface area contributed by atoms with E-state index in [-0.39, 0.29) is 5.41 Å². The first-order valence-electron chi connectivity index (χ1n) is 5.69. The van der Waals surface area contributed by atoms with Crippen LogP contribution in [0.4, 0.5) is 0 Å². The highest BCUT2D eigenvalue weighted by Crippen LogP contribution is 2.29. The second kappa shape index (κ2) is 7.88. The third-order valence-electron chi connectivity index (χ3n) is 2.87. The molecule has 0 aromatic carbocycles. The fourth-order valence-electron chi connectivity index (χ4n) is 1.30. The highest BCUT2D eigenvalue weighted by molar-refractivity contribution is 4.92. The summed E-state index contributed by atoms with van der Waals surface area (Å²) in [6, 6.07) is 0. The molecule has 0 saturated carbocycles. The Bertz CT molecular complexity index is 169. The first kappa shape index (κ1) is 13.5. The van der Waals surface area contributed by atoms with Gasteiger partial charge < -0.3 is 4.74 Å². The number of unbranched alkanes of at least 4 members (excludes halogenated alkanes) is 1. The van der Waals surface area contributed by atoms with Crippen LogP contribution < -0.4 is 0 Å². The van der Waals surface area contributed by atoms with Crippen molar-refractivity contribution in [3.63, 3.8) is 0 Å². The predicted molar refractivity (Wildman–Crippen MR) is 62.2 cm³/mol. The van der Waals surface area contributed by atoms with Gasteiger partial charge in [-0.3, -0.25) is 0 Å². The van der Waals surface area contributed by atoms with E-state index in [0.29, 0.717) is 0 Å². The molecule has 0 aromatic heterocycles. The predicted octanol–water partition coefficient (Wildman–Crippen LogP) is 3.63. The molecule has 0 aliphatic rings. The molecule has 14 heavy (non-hydrogen) atoms. The van der Waals surface area contributed by atoms with Crippen molar-refractivity contribution in [2.24, 2.45) is 5.41 Å². The summed E-state index contributed by atoms with van der Waals surface area (Å²) in [5, 5.41) is 0. The zero-order valence-electron chi connectivity index (χ0n) is 9.94. The van der Waals surface area contributed by atoms with Gasteiger partial charge in [-0.05, 0) is 24.7 Å². The number of hydrogen-bond donors (Lipinski definition) is 0. The summed E-state index contributed by atoms with van der Waals surface area (Å²) in [5.41, 5.74) is 0.279. The molecule has 0 fully saturated rings. The standard InChI is InChI=1S/C13H24O/c1-5-8-11-14-12-10-13(4,7-3)9-6-2/h2H,5,7-12H2,1,3-4H3/t13-/m1/s1. The molecule has 0 radical (unpaired) electrons. The Balaban J connectivity index is 3.57. The smallest absolute Gasteiger partial charge is 0.0471 e. The molecular weight excluding hydrogens is 172 g/mol. The second-order valence-electron chi connectivity index (χ2n) is 4.26. The number of rotatable bonds is 8. The van der Waals surface area contributed by atoms with Crippen LogP contribution in [-0.2, 0) is 4.74 Å².